The van der Waals surface area contributed by atoms with E-state index in [9.17, 15) is 4.79 Å². The molecule has 1 aliphatic rings. The number of ether oxygens (including phenoxy) is 1. The molecule has 1 amide bonds. The number of nitrogens with zero attached hydrogens (tertiary/aromatic N) is 5. The van der Waals surface area contributed by atoms with Crippen molar-refractivity contribution < 1.29 is 9.53 Å². The Morgan fingerprint density at radius 1 is 1.56 bits per heavy atom. The summed E-state index contributed by atoms with van der Waals surface area (Å²) in [6, 6.07) is 0. The van der Waals surface area contributed by atoms with Gasteiger partial charge in [0.15, 0.2) is 16.6 Å². The second-order valence-electron chi connectivity index (χ2n) is 4.07. The van der Waals surface area contributed by atoms with Gasteiger partial charge < -0.3 is 9.64 Å². The first-order valence-electron chi connectivity index (χ1n) is 5.42. The second kappa shape index (κ2) is 4.20. The molecule has 3 rings (SSSR count). The lowest BCUT2D eigenvalue weighted by molar-refractivity contribution is -0.132. The fraction of sp³-hybridized carbons (Fsp3) is 0.400. The van der Waals surface area contributed by atoms with E-state index in [0.717, 1.165) is 0 Å². The Morgan fingerprint density at radius 3 is 3.11 bits per heavy atom. The second-order valence-corrected chi connectivity index (χ2v) is 4.78. The zero-order valence-corrected chi connectivity index (χ0v) is 11.2. The lowest BCUT2D eigenvalue weighted by Crippen LogP contribution is -2.29. The number of likely N-dealkylation sites (N-methyl/N-ethyl adjacent to an activating group) is 1. The number of hydrogen-bond acceptors (Lipinski definition) is 5. The van der Waals surface area contributed by atoms with Crippen LogP contribution in [0.15, 0.2) is 17.3 Å². The van der Waals surface area contributed by atoms with Gasteiger partial charge in [-0.25, -0.2) is 4.98 Å². The van der Waals surface area contributed by atoms with Crippen LogP contribution in [0.4, 0.5) is 0 Å². The first-order chi connectivity index (χ1) is 8.66. The van der Waals surface area contributed by atoms with Crippen LogP contribution in [0.25, 0.3) is 5.65 Å². The Bertz CT molecular complexity index is 613. The van der Waals surface area contributed by atoms with Gasteiger partial charge in [-0.1, -0.05) is 0 Å². The van der Waals surface area contributed by atoms with Crippen LogP contribution >= 0.6 is 15.9 Å². The first kappa shape index (κ1) is 11.4. The van der Waals surface area contributed by atoms with Crippen LogP contribution in [0.5, 0.6) is 5.75 Å². The Balaban J connectivity index is 1.94. The molecular weight excluding hydrogens is 302 g/mol. The van der Waals surface area contributed by atoms with Crippen LogP contribution in [0.2, 0.25) is 0 Å². The molecule has 8 heteroatoms. The molecule has 1 unspecified atom stereocenters. The van der Waals surface area contributed by atoms with E-state index in [2.05, 4.69) is 31.1 Å². The fourth-order valence-electron chi connectivity index (χ4n) is 1.91. The molecule has 1 atom stereocenters. The minimum Gasteiger partial charge on any atom is -0.475 e. The third-order valence-corrected chi connectivity index (χ3v) is 3.49. The van der Waals surface area contributed by atoms with Gasteiger partial charge in [-0.2, -0.15) is 0 Å². The minimum atomic E-state index is -0.460. The highest BCUT2D eigenvalue weighted by molar-refractivity contribution is 9.10. The van der Waals surface area contributed by atoms with Crippen LogP contribution < -0.4 is 4.74 Å². The van der Waals surface area contributed by atoms with E-state index >= 15 is 0 Å². The number of carbonyl (C=O) groups excluding carboxylic acids is 1. The van der Waals surface area contributed by atoms with Crippen molar-refractivity contribution in [2.24, 2.45) is 0 Å². The highest BCUT2D eigenvalue weighted by atomic mass is 79.9. The van der Waals surface area contributed by atoms with Gasteiger partial charge in [-0.15, -0.1) is 10.2 Å². The maximum atomic E-state index is 11.8. The van der Waals surface area contributed by atoms with Gasteiger partial charge in [0.2, 0.25) is 5.65 Å². The van der Waals surface area contributed by atoms with E-state index in [1.54, 1.807) is 22.5 Å². The molecular formula is C10H10BrN5O2. The van der Waals surface area contributed by atoms with E-state index in [-0.39, 0.29) is 5.91 Å². The molecule has 94 valence electrons. The van der Waals surface area contributed by atoms with Crippen molar-refractivity contribution in [3.05, 3.63) is 17.3 Å². The van der Waals surface area contributed by atoms with Gasteiger partial charge in [0.05, 0.1) is 6.20 Å². The molecule has 0 aliphatic carbocycles. The molecule has 0 saturated carbocycles. The summed E-state index contributed by atoms with van der Waals surface area (Å²) < 4.78 is 7.93. The van der Waals surface area contributed by atoms with Gasteiger partial charge in [-0.05, 0) is 15.9 Å². The number of likely N-dealkylation sites (tertiary alicyclic amines) is 1. The third kappa shape index (κ3) is 1.72. The van der Waals surface area contributed by atoms with Crippen LogP contribution in [-0.4, -0.2) is 50.1 Å². The molecule has 1 fully saturated rings. The lowest BCUT2D eigenvalue weighted by atomic mass is 10.3. The zero-order valence-electron chi connectivity index (χ0n) is 9.58. The van der Waals surface area contributed by atoms with Crippen molar-refractivity contribution in [3.8, 4) is 5.75 Å². The van der Waals surface area contributed by atoms with E-state index < -0.39 is 6.10 Å². The van der Waals surface area contributed by atoms with Gasteiger partial charge in [0, 0.05) is 20.0 Å². The smallest absolute Gasteiger partial charge is 0.263 e. The average molecular weight is 312 g/mol. The molecule has 3 heterocycles. The van der Waals surface area contributed by atoms with Crippen LogP contribution in [-0.2, 0) is 4.79 Å². The van der Waals surface area contributed by atoms with Gasteiger partial charge in [0.1, 0.15) is 6.33 Å². The summed E-state index contributed by atoms with van der Waals surface area (Å²) in [4.78, 5) is 17.5. The number of aromatic nitrogens is 4. The van der Waals surface area contributed by atoms with Gasteiger partial charge in [-0.3, -0.25) is 9.20 Å². The topological polar surface area (TPSA) is 72.6 Å². The molecule has 2 aromatic heterocycles. The average Bonchev–Trinajstić information content (AvgIpc) is 2.95. The van der Waals surface area contributed by atoms with Crippen LogP contribution in [0, 0.1) is 0 Å². The summed E-state index contributed by atoms with van der Waals surface area (Å²) in [5, 5.41) is 7.76. The predicted octanol–water partition coefficient (Wildman–Crippen LogP) is 0.496. The van der Waals surface area contributed by atoms with Crippen molar-refractivity contribution in [2.75, 3.05) is 13.6 Å². The standard InChI is InChI=1S/C10H10BrN5O2/c1-15-3-2-6(9(15)17)18-7-4-12-10(11)16-5-13-14-8(7)16/h4-6H,2-3H2,1H3. The first-order valence-corrected chi connectivity index (χ1v) is 6.22. The van der Waals surface area contributed by atoms with Crippen LogP contribution in [0.3, 0.4) is 0 Å². The molecule has 1 saturated heterocycles. The predicted molar refractivity (Wildman–Crippen MR) is 65.2 cm³/mol. The number of rotatable bonds is 2. The molecule has 0 aromatic carbocycles. The number of fused-ring (bicyclic) bond motifs is 1. The molecule has 18 heavy (non-hydrogen) atoms. The Kier molecular flexibility index (Phi) is 2.66. The molecule has 0 radical (unpaired) electrons. The Hall–Kier alpha value is -1.70. The lowest BCUT2D eigenvalue weighted by Gasteiger charge is -2.13. The van der Waals surface area contributed by atoms with Crippen molar-refractivity contribution in [1.82, 2.24) is 24.5 Å². The normalized spacial score (nSPS) is 19.8. The fourth-order valence-corrected chi connectivity index (χ4v) is 2.27. The van der Waals surface area contributed by atoms with Crippen molar-refractivity contribution >= 4 is 27.5 Å². The Labute approximate surface area is 111 Å². The molecule has 1 aliphatic heterocycles. The minimum absolute atomic E-state index is 0.0180. The molecule has 0 N–H and O–H groups in total. The third-order valence-electron chi connectivity index (χ3n) is 2.90. The summed E-state index contributed by atoms with van der Waals surface area (Å²) in [5.41, 5.74) is 0.541. The monoisotopic (exact) mass is 311 g/mol. The van der Waals surface area contributed by atoms with E-state index in [4.69, 9.17) is 4.74 Å². The summed E-state index contributed by atoms with van der Waals surface area (Å²) in [7, 11) is 1.76. The van der Waals surface area contributed by atoms with Crippen LogP contribution in [0.1, 0.15) is 6.42 Å². The Morgan fingerprint density at radius 2 is 2.39 bits per heavy atom. The van der Waals surface area contributed by atoms with E-state index in [1.165, 1.54) is 6.33 Å². The van der Waals surface area contributed by atoms with Crippen molar-refractivity contribution in [1.29, 1.82) is 0 Å². The number of carbonyl (C=O) groups is 1. The van der Waals surface area contributed by atoms with E-state index in [0.29, 0.717) is 29.1 Å². The van der Waals surface area contributed by atoms with Gasteiger partial charge >= 0.3 is 0 Å². The van der Waals surface area contributed by atoms with Gasteiger partial charge in [0.25, 0.3) is 5.91 Å². The van der Waals surface area contributed by atoms with E-state index in [1.807, 2.05) is 0 Å². The summed E-state index contributed by atoms with van der Waals surface area (Å²) in [6.07, 6.45) is 3.28. The molecule has 7 nitrogen and oxygen atoms in total. The molecule has 0 spiro atoms. The number of amides is 1. The number of halogens is 1. The van der Waals surface area contributed by atoms with Crippen molar-refractivity contribution in [3.63, 3.8) is 0 Å². The largest absolute Gasteiger partial charge is 0.475 e. The maximum Gasteiger partial charge on any atom is 0.263 e. The summed E-state index contributed by atoms with van der Waals surface area (Å²) >= 11 is 3.29. The molecule has 2 aromatic rings. The highest BCUT2D eigenvalue weighted by Crippen LogP contribution is 2.23. The summed E-state index contributed by atoms with van der Waals surface area (Å²) in [6.45, 7) is 0.705. The zero-order chi connectivity index (χ0) is 12.7. The summed E-state index contributed by atoms with van der Waals surface area (Å²) in [5.74, 6) is 0.444. The number of hydrogen-bond donors (Lipinski definition) is 0. The van der Waals surface area contributed by atoms with Crippen molar-refractivity contribution in [2.45, 2.75) is 12.5 Å². The molecule has 0 bridgehead atoms. The SMILES string of the molecule is CN1CCC(Oc2cnc(Br)n3cnnc23)C1=O. The quantitative estimate of drug-likeness (QED) is 0.755. The maximum absolute atomic E-state index is 11.8. The highest BCUT2D eigenvalue weighted by Gasteiger charge is 2.31.